The maximum absolute atomic E-state index is 12.5. The van der Waals surface area contributed by atoms with Crippen molar-refractivity contribution >= 4 is 21.8 Å². The fraction of sp³-hybridized carbons (Fsp3) is 0.333. The highest BCUT2D eigenvalue weighted by Crippen LogP contribution is 2.17. The number of pyridine rings is 1. The number of carbonyl (C=O) groups is 1. The zero-order chi connectivity index (χ0) is 14.7. The van der Waals surface area contributed by atoms with Crippen LogP contribution in [0.5, 0.6) is 0 Å². The summed E-state index contributed by atoms with van der Waals surface area (Å²) >= 11 is 3.41. The Morgan fingerprint density at radius 1 is 1.45 bits per heavy atom. The number of aromatic nitrogens is 2. The lowest BCUT2D eigenvalue weighted by Gasteiger charge is -2.17. The van der Waals surface area contributed by atoms with Crippen LogP contribution in [0, 0.1) is 6.92 Å². The third-order valence-electron chi connectivity index (χ3n) is 3.11. The summed E-state index contributed by atoms with van der Waals surface area (Å²) in [6.45, 7) is 5.24. The summed E-state index contributed by atoms with van der Waals surface area (Å²) in [5, 5.41) is 0. The van der Waals surface area contributed by atoms with Gasteiger partial charge in [-0.1, -0.05) is 6.07 Å². The molecular weight excluding hydrogens is 318 g/mol. The first kappa shape index (κ1) is 14.8. The Kier molecular flexibility index (Phi) is 4.60. The summed E-state index contributed by atoms with van der Waals surface area (Å²) in [4.78, 5) is 18.6. The molecule has 0 aliphatic rings. The van der Waals surface area contributed by atoms with Crippen LogP contribution >= 0.6 is 15.9 Å². The van der Waals surface area contributed by atoms with Gasteiger partial charge in [-0.3, -0.25) is 9.78 Å². The van der Waals surface area contributed by atoms with Gasteiger partial charge >= 0.3 is 0 Å². The van der Waals surface area contributed by atoms with Crippen LogP contribution in [0.1, 0.15) is 28.8 Å². The van der Waals surface area contributed by atoms with E-state index in [1.165, 1.54) is 0 Å². The first-order chi connectivity index (χ1) is 9.51. The summed E-state index contributed by atoms with van der Waals surface area (Å²) in [5.74, 6) is 0.000793. The topological polar surface area (TPSA) is 38.1 Å². The van der Waals surface area contributed by atoms with Gasteiger partial charge in [0, 0.05) is 30.0 Å². The van der Waals surface area contributed by atoms with Gasteiger partial charge in [0.1, 0.15) is 5.69 Å². The zero-order valence-corrected chi connectivity index (χ0v) is 13.5. The SMILES string of the molecule is CCn1cc(Br)cc1C(=O)N(C)Cc1cccc(C)n1. The van der Waals surface area contributed by atoms with Crippen LogP contribution in [0.3, 0.4) is 0 Å². The average molecular weight is 336 g/mol. The smallest absolute Gasteiger partial charge is 0.270 e. The van der Waals surface area contributed by atoms with Gasteiger partial charge in [0.2, 0.25) is 0 Å². The molecule has 0 aliphatic heterocycles. The molecule has 0 spiro atoms. The van der Waals surface area contributed by atoms with Crippen molar-refractivity contribution in [3.05, 3.63) is 52.0 Å². The van der Waals surface area contributed by atoms with E-state index in [2.05, 4.69) is 20.9 Å². The van der Waals surface area contributed by atoms with Gasteiger partial charge in [-0.25, -0.2) is 0 Å². The molecule has 0 saturated heterocycles. The predicted molar refractivity (Wildman–Crippen MR) is 82.6 cm³/mol. The van der Waals surface area contributed by atoms with Crippen molar-refractivity contribution in [1.82, 2.24) is 14.5 Å². The van der Waals surface area contributed by atoms with Gasteiger partial charge in [0.05, 0.1) is 12.2 Å². The molecule has 0 fully saturated rings. The van der Waals surface area contributed by atoms with Gasteiger partial charge in [-0.05, 0) is 48.0 Å². The van der Waals surface area contributed by atoms with Crippen LogP contribution in [-0.2, 0) is 13.1 Å². The van der Waals surface area contributed by atoms with Crippen LogP contribution in [0.4, 0.5) is 0 Å². The molecule has 4 nitrogen and oxygen atoms in total. The number of halogens is 1. The Bertz CT molecular complexity index is 621. The van der Waals surface area contributed by atoms with E-state index < -0.39 is 0 Å². The van der Waals surface area contributed by atoms with E-state index in [4.69, 9.17) is 0 Å². The molecule has 0 saturated carbocycles. The van der Waals surface area contributed by atoms with Crippen molar-refractivity contribution in [3.63, 3.8) is 0 Å². The second-order valence-electron chi connectivity index (χ2n) is 4.76. The van der Waals surface area contributed by atoms with Crippen LogP contribution in [0.25, 0.3) is 0 Å². The molecule has 20 heavy (non-hydrogen) atoms. The molecule has 0 atom stereocenters. The van der Waals surface area contributed by atoms with E-state index in [1.807, 2.05) is 48.9 Å². The molecule has 2 heterocycles. The molecule has 2 rings (SSSR count). The van der Waals surface area contributed by atoms with E-state index in [1.54, 1.807) is 11.9 Å². The number of hydrogen-bond acceptors (Lipinski definition) is 2. The van der Waals surface area contributed by atoms with Crippen molar-refractivity contribution in [1.29, 1.82) is 0 Å². The molecule has 1 amide bonds. The molecule has 2 aromatic rings. The molecule has 0 unspecified atom stereocenters. The lowest BCUT2D eigenvalue weighted by Crippen LogP contribution is -2.28. The third kappa shape index (κ3) is 3.28. The number of amides is 1. The lowest BCUT2D eigenvalue weighted by molar-refractivity contribution is 0.0772. The minimum absolute atomic E-state index is 0.000793. The Hall–Kier alpha value is -1.62. The quantitative estimate of drug-likeness (QED) is 0.860. The fourth-order valence-corrected chi connectivity index (χ4v) is 2.58. The standard InChI is InChI=1S/C15H18BrN3O/c1-4-19-9-12(16)8-14(19)15(20)18(3)10-13-7-5-6-11(2)17-13/h5-9H,4,10H2,1-3H3. The normalized spacial score (nSPS) is 10.6. The Balaban J connectivity index is 2.16. The second-order valence-corrected chi connectivity index (χ2v) is 5.68. The highest BCUT2D eigenvalue weighted by atomic mass is 79.9. The van der Waals surface area contributed by atoms with Gasteiger partial charge in [0.25, 0.3) is 5.91 Å². The average Bonchev–Trinajstić information content (AvgIpc) is 2.79. The predicted octanol–water partition coefficient (Wildman–Crippen LogP) is 3.25. The Labute approximate surface area is 127 Å². The second kappa shape index (κ2) is 6.22. The van der Waals surface area contributed by atoms with E-state index in [0.29, 0.717) is 12.2 Å². The fourth-order valence-electron chi connectivity index (χ4n) is 2.11. The minimum Gasteiger partial charge on any atom is -0.343 e. The molecule has 0 aliphatic carbocycles. The van der Waals surface area contributed by atoms with Crippen LogP contribution in [-0.4, -0.2) is 27.4 Å². The molecule has 5 heteroatoms. The van der Waals surface area contributed by atoms with Crippen molar-refractivity contribution in [2.45, 2.75) is 26.9 Å². The van der Waals surface area contributed by atoms with Gasteiger partial charge < -0.3 is 9.47 Å². The number of carbonyl (C=O) groups excluding carboxylic acids is 1. The maximum atomic E-state index is 12.5. The molecule has 0 bridgehead atoms. The molecule has 0 radical (unpaired) electrons. The molecule has 0 N–H and O–H groups in total. The third-order valence-corrected chi connectivity index (χ3v) is 3.55. The van der Waals surface area contributed by atoms with Crippen LogP contribution in [0.15, 0.2) is 34.9 Å². The Morgan fingerprint density at radius 2 is 2.20 bits per heavy atom. The first-order valence-electron chi connectivity index (χ1n) is 6.55. The van der Waals surface area contributed by atoms with Crippen molar-refractivity contribution in [2.24, 2.45) is 0 Å². The highest BCUT2D eigenvalue weighted by molar-refractivity contribution is 9.10. The Morgan fingerprint density at radius 3 is 2.85 bits per heavy atom. The summed E-state index contributed by atoms with van der Waals surface area (Å²) in [5.41, 5.74) is 2.55. The lowest BCUT2D eigenvalue weighted by atomic mass is 10.3. The van der Waals surface area contributed by atoms with Crippen molar-refractivity contribution < 1.29 is 4.79 Å². The number of hydrogen-bond donors (Lipinski definition) is 0. The van der Waals surface area contributed by atoms with E-state index in [-0.39, 0.29) is 5.91 Å². The molecule has 2 aromatic heterocycles. The monoisotopic (exact) mass is 335 g/mol. The largest absolute Gasteiger partial charge is 0.343 e. The van der Waals surface area contributed by atoms with E-state index in [9.17, 15) is 4.79 Å². The van der Waals surface area contributed by atoms with Crippen LogP contribution < -0.4 is 0 Å². The number of rotatable bonds is 4. The zero-order valence-electron chi connectivity index (χ0n) is 11.9. The molecule has 106 valence electrons. The first-order valence-corrected chi connectivity index (χ1v) is 7.34. The van der Waals surface area contributed by atoms with Gasteiger partial charge in [0.15, 0.2) is 0 Å². The minimum atomic E-state index is 0.000793. The highest BCUT2D eigenvalue weighted by Gasteiger charge is 2.17. The molecule has 0 aromatic carbocycles. The number of nitrogens with zero attached hydrogens (tertiary/aromatic N) is 3. The van der Waals surface area contributed by atoms with E-state index in [0.717, 1.165) is 22.4 Å². The van der Waals surface area contributed by atoms with Gasteiger partial charge in [-0.15, -0.1) is 0 Å². The summed E-state index contributed by atoms with van der Waals surface area (Å²) in [7, 11) is 1.80. The molecular formula is C15H18BrN3O. The van der Waals surface area contributed by atoms with Crippen LogP contribution in [0.2, 0.25) is 0 Å². The maximum Gasteiger partial charge on any atom is 0.270 e. The summed E-state index contributed by atoms with van der Waals surface area (Å²) in [6, 6.07) is 7.70. The summed E-state index contributed by atoms with van der Waals surface area (Å²) < 4.78 is 2.86. The van der Waals surface area contributed by atoms with Crippen molar-refractivity contribution in [3.8, 4) is 0 Å². The van der Waals surface area contributed by atoms with Crippen molar-refractivity contribution in [2.75, 3.05) is 7.05 Å². The van der Waals surface area contributed by atoms with E-state index >= 15 is 0 Å². The van der Waals surface area contributed by atoms with Gasteiger partial charge in [-0.2, -0.15) is 0 Å². The number of aryl methyl sites for hydroxylation is 2. The summed E-state index contributed by atoms with van der Waals surface area (Å²) in [6.07, 6.45) is 1.92.